The van der Waals surface area contributed by atoms with Crippen molar-refractivity contribution in [3.63, 3.8) is 0 Å². The van der Waals surface area contributed by atoms with Crippen molar-refractivity contribution in [2.45, 2.75) is 25.4 Å². The van der Waals surface area contributed by atoms with Crippen LogP contribution in [0.15, 0.2) is 0 Å². The first kappa shape index (κ1) is 9.80. The molecule has 0 atom stereocenters. The van der Waals surface area contributed by atoms with Crippen LogP contribution in [0.25, 0.3) is 0 Å². The van der Waals surface area contributed by atoms with Crippen molar-refractivity contribution in [3.05, 3.63) is 0 Å². The molecule has 1 saturated heterocycles. The highest BCUT2D eigenvalue weighted by atomic mass is 19.4. The Bertz CT molecular complexity index is 129. The van der Waals surface area contributed by atoms with Gasteiger partial charge in [-0.25, -0.2) is 5.01 Å². The molecule has 0 bridgehead atoms. The topological polar surface area (TPSA) is 15.3 Å². The van der Waals surface area contributed by atoms with E-state index in [0.29, 0.717) is 0 Å². The number of alkyl halides is 3. The van der Waals surface area contributed by atoms with Crippen molar-refractivity contribution in [2.24, 2.45) is 0 Å². The van der Waals surface area contributed by atoms with Gasteiger partial charge in [-0.2, -0.15) is 13.2 Å². The van der Waals surface area contributed by atoms with Crippen LogP contribution in [-0.2, 0) is 0 Å². The van der Waals surface area contributed by atoms with Gasteiger partial charge in [-0.15, -0.1) is 0 Å². The third-order valence-electron chi connectivity index (χ3n) is 1.86. The van der Waals surface area contributed by atoms with Crippen LogP contribution in [-0.4, -0.2) is 30.8 Å². The van der Waals surface area contributed by atoms with Gasteiger partial charge in [-0.05, 0) is 12.8 Å². The average molecular weight is 182 g/mol. The number of nitrogens with zero attached hydrogens (tertiary/aromatic N) is 1. The molecule has 0 aromatic heterocycles. The van der Waals surface area contributed by atoms with Crippen molar-refractivity contribution >= 4 is 0 Å². The van der Waals surface area contributed by atoms with Gasteiger partial charge in [0.25, 0.3) is 0 Å². The fourth-order valence-corrected chi connectivity index (χ4v) is 1.20. The highest BCUT2D eigenvalue weighted by Gasteiger charge is 2.27. The second-order valence-corrected chi connectivity index (χ2v) is 2.97. The Morgan fingerprint density at radius 1 is 1.25 bits per heavy atom. The highest BCUT2D eigenvalue weighted by Crippen LogP contribution is 2.19. The molecule has 12 heavy (non-hydrogen) atoms. The van der Waals surface area contributed by atoms with Crippen LogP contribution in [0.5, 0.6) is 0 Å². The van der Waals surface area contributed by atoms with Crippen LogP contribution in [0.2, 0.25) is 0 Å². The summed E-state index contributed by atoms with van der Waals surface area (Å²) in [4.78, 5) is 0. The fourth-order valence-electron chi connectivity index (χ4n) is 1.20. The minimum atomic E-state index is -4.03. The molecule has 1 heterocycles. The molecule has 1 rings (SSSR count). The summed E-state index contributed by atoms with van der Waals surface area (Å²) in [5, 5.41) is 1.65. The summed E-state index contributed by atoms with van der Waals surface area (Å²) in [7, 11) is 0. The second kappa shape index (κ2) is 4.09. The molecule has 5 heteroatoms. The lowest BCUT2D eigenvalue weighted by atomic mass is 10.2. The van der Waals surface area contributed by atoms with Crippen molar-refractivity contribution in [3.8, 4) is 0 Å². The smallest absolute Gasteiger partial charge is 0.255 e. The summed E-state index contributed by atoms with van der Waals surface area (Å²) < 4.78 is 35.3. The Kier molecular flexibility index (Phi) is 3.34. The molecule has 1 aliphatic rings. The molecule has 0 aromatic carbocycles. The van der Waals surface area contributed by atoms with E-state index in [1.54, 1.807) is 5.01 Å². The van der Waals surface area contributed by atoms with Gasteiger partial charge in [-0.3, -0.25) is 5.43 Å². The Morgan fingerprint density at radius 3 is 2.50 bits per heavy atom. The van der Waals surface area contributed by atoms with E-state index in [2.05, 4.69) is 5.43 Å². The molecule has 0 amide bonds. The SMILES string of the molecule is FC(F)(F)CCN1CCCCN1. The molecular formula is C7H13F3N2. The fraction of sp³-hybridized carbons (Fsp3) is 1.00. The van der Waals surface area contributed by atoms with Crippen LogP contribution < -0.4 is 5.43 Å². The van der Waals surface area contributed by atoms with Crippen molar-refractivity contribution in [1.82, 2.24) is 10.4 Å². The van der Waals surface area contributed by atoms with Gasteiger partial charge in [0.2, 0.25) is 0 Å². The van der Waals surface area contributed by atoms with Crippen molar-refractivity contribution in [2.75, 3.05) is 19.6 Å². The monoisotopic (exact) mass is 182 g/mol. The summed E-state index contributed by atoms with van der Waals surface area (Å²) in [6.45, 7) is 1.61. The molecule has 1 fully saturated rings. The van der Waals surface area contributed by atoms with E-state index < -0.39 is 12.6 Å². The lowest BCUT2D eigenvalue weighted by Gasteiger charge is -2.27. The Balaban J connectivity index is 2.13. The zero-order valence-corrected chi connectivity index (χ0v) is 6.82. The summed E-state index contributed by atoms with van der Waals surface area (Å²) >= 11 is 0. The molecule has 0 aromatic rings. The van der Waals surface area contributed by atoms with Crippen molar-refractivity contribution < 1.29 is 13.2 Å². The molecule has 1 aliphatic heterocycles. The minimum absolute atomic E-state index is 0.0729. The summed E-state index contributed by atoms with van der Waals surface area (Å²) in [5.41, 5.74) is 2.92. The Morgan fingerprint density at radius 2 is 2.00 bits per heavy atom. The van der Waals surface area contributed by atoms with Gasteiger partial charge in [0.1, 0.15) is 0 Å². The predicted octanol–water partition coefficient (Wildman–Crippen LogP) is 1.54. The minimum Gasteiger partial charge on any atom is -0.255 e. The molecule has 2 nitrogen and oxygen atoms in total. The first-order chi connectivity index (χ1) is 5.58. The van der Waals surface area contributed by atoms with E-state index >= 15 is 0 Å². The molecule has 72 valence electrons. The van der Waals surface area contributed by atoms with Gasteiger partial charge in [0.15, 0.2) is 0 Å². The van der Waals surface area contributed by atoms with E-state index in [1.807, 2.05) is 0 Å². The molecule has 1 N–H and O–H groups in total. The van der Waals surface area contributed by atoms with Gasteiger partial charge in [-0.1, -0.05) is 0 Å². The van der Waals surface area contributed by atoms with Crippen molar-refractivity contribution in [1.29, 1.82) is 0 Å². The van der Waals surface area contributed by atoms with Gasteiger partial charge < -0.3 is 0 Å². The highest BCUT2D eigenvalue weighted by molar-refractivity contribution is 4.62. The van der Waals surface area contributed by atoms with Crippen LogP contribution >= 0.6 is 0 Å². The summed E-state index contributed by atoms with van der Waals surface area (Å²) in [6, 6.07) is 0. The summed E-state index contributed by atoms with van der Waals surface area (Å²) in [5.74, 6) is 0. The number of nitrogens with one attached hydrogen (secondary N) is 1. The van der Waals surface area contributed by atoms with E-state index in [9.17, 15) is 13.2 Å². The number of hydrogen-bond acceptors (Lipinski definition) is 2. The zero-order chi connectivity index (χ0) is 9.03. The first-order valence-electron chi connectivity index (χ1n) is 4.13. The van der Waals surface area contributed by atoms with Crippen LogP contribution in [0.4, 0.5) is 13.2 Å². The van der Waals surface area contributed by atoms with Crippen LogP contribution in [0, 0.1) is 0 Å². The molecule has 0 spiro atoms. The molecular weight excluding hydrogens is 169 g/mol. The maximum Gasteiger partial charge on any atom is 0.390 e. The maximum absolute atomic E-state index is 11.8. The lowest BCUT2D eigenvalue weighted by molar-refractivity contribution is -0.140. The third-order valence-corrected chi connectivity index (χ3v) is 1.86. The van der Waals surface area contributed by atoms with E-state index in [1.165, 1.54) is 0 Å². The average Bonchev–Trinajstić information content (AvgIpc) is 2.02. The molecule has 0 aliphatic carbocycles. The van der Waals surface area contributed by atoms with Gasteiger partial charge in [0.05, 0.1) is 6.42 Å². The van der Waals surface area contributed by atoms with Crippen LogP contribution in [0.1, 0.15) is 19.3 Å². The first-order valence-corrected chi connectivity index (χ1v) is 4.13. The largest absolute Gasteiger partial charge is 0.390 e. The van der Waals surface area contributed by atoms with E-state index in [4.69, 9.17) is 0 Å². The molecule has 0 saturated carbocycles. The number of rotatable bonds is 2. The number of hydrazine groups is 1. The van der Waals surface area contributed by atoms with Gasteiger partial charge >= 0.3 is 6.18 Å². The standard InChI is InChI=1S/C7H13F3N2/c8-7(9,10)3-6-12-5-2-1-4-11-12/h11H,1-6H2. The lowest BCUT2D eigenvalue weighted by Crippen LogP contribution is -2.44. The van der Waals surface area contributed by atoms with E-state index in [-0.39, 0.29) is 6.54 Å². The second-order valence-electron chi connectivity index (χ2n) is 2.97. The zero-order valence-electron chi connectivity index (χ0n) is 6.82. The molecule has 0 radical (unpaired) electrons. The maximum atomic E-state index is 11.8. The number of hydrogen-bond donors (Lipinski definition) is 1. The Labute approximate surface area is 69.7 Å². The third kappa shape index (κ3) is 3.92. The number of halogens is 3. The van der Waals surface area contributed by atoms with Crippen LogP contribution in [0.3, 0.4) is 0 Å². The Hall–Kier alpha value is -0.290. The normalized spacial score (nSPS) is 21.2. The van der Waals surface area contributed by atoms with Gasteiger partial charge in [0, 0.05) is 19.6 Å². The summed E-state index contributed by atoms with van der Waals surface area (Å²) in [6.07, 6.45) is -2.70. The molecule has 0 unspecified atom stereocenters. The van der Waals surface area contributed by atoms with E-state index in [0.717, 1.165) is 25.9 Å². The predicted molar refractivity (Wildman–Crippen MR) is 39.5 cm³/mol. The quantitative estimate of drug-likeness (QED) is 0.696.